The molecule has 1 saturated heterocycles. The first-order chi connectivity index (χ1) is 22.8. The maximum Gasteiger partial charge on any atom is 0.270 e. The zero-order valence-corrected chi connectivity index (χ0v) is 26.6. The van der Waals surface area contributed by atoms with Gasteiger partial charge in [-0.05, 0) is 54.4 Å². The van der Waals surface area contributed by atoms with Gasteiger partial charge >= 0.3 is 0 Å². The van der Waals surface area contributed by atoms with Crippen molar-refractivity contribution in [3.8, 4) is 28.7 Å². The van der Waals surface area contributed by atoms with E-state index in [9.17, 15) is 14.4 Å². The van der Waals surface area contributed by atoms with Gasteiger partial charge in [0.05, 0.1) is 27.4 Å². The lowest BCUT2D eigenvalue weighted by atomic mass is 10.0. The lowest BCUT2D eigenvalue weighted by molar-refractivity contribution is -0.125. The molecular formula is C35H38N4O8. The molecule has 3 amide bonds. The maximum atomic E-state index is 13.7. The quantitative estimate of drug-likeness (QED) is 0.307. The number of benzene rings is 3. The number of carbonyl (C=O) groups is 3. The maximum absolute atomic E-state index is 13.7. The number of piperidine rings is 1. The van der Waals surface area contributed by atoms with Crippen molar-refractivity contribution in [2.24, 2.45) is 0 Å². The van der Waals surface area contributed by atoms with Crippen molar-refractivity contribution in [3.05, 3.63) is 77.5 Å². The number of methoxy groups -OCH3 is 3. The summed E-state index contributed by atoms with van der Waals surface area (Å²) in [4.78, 5) is 44.7. The van der Waals surface area contributed by atoms with Crippen molar-refractivity contribution >= 4 is 28.6 Å². The van der Waals surface area contributed by atoms with E-state index >= 15 is 0 Å². The molecule has 12 nitrogen and oxygen atoms in total. The van der Waals surface area contributed by atoms with Crippen LogP contribution in [-0.2, 0) is 22.6 Å². The number of aromatic nitrogens is 1. The number of hydrogen-bond donors (Lipinski definition) is 3. The highest BCUT2D eigenvalue weighted by atomic mass is 16.5. The average Bonchev–Trinajstić information content (AvgIpc) is 3.54. The highest BCUT2D eigenvalue weighted by Gasteiger charge is 2.35. The second-order valence-electron chi connectivity index (χ2n) is 11.5. The number of amides is 3. The van der Waals surface area contributed by atoms with E-state index in [0.717, 1.165) is 22.0 Å². The molecule has 2 atom stereocenters. The summed E-state index contributed by atoms with van der Waals surface area (Å²) in [5.74, 6) is 1.94. The number of aromatic amines is 1. The van der Waals surface area contributed by atoms with Crippen LogP contribution in [0.25, 0.3) is 10.9 Å². The van der Waals surface area contributed by atoms with E-state index in [-0.39, 0.29) is 43.8 Å². The number of rotatable bonds is 4. The van der Waals surface area contributed by atoms with Crippen LogP contribution in [0, 0.1) is 0 Å². The fourth-order valence-corrected chi connectivity index (χ4v) is 6.03. The molecule has 4 aromatic rings. The molecule has 1 aromatic heterocycles. The largest absolute Gasteiger partial charge is 0.496 e. The number of nitrogens with one attached hydrogen (secondary N) is 3. The van der Waals surface area contributed by atoms with Crippen molar-refractivity contribution in [2.45, 2.75) is 38.0 Å². The molecule has 3 aliphatic rings. The number of aryl methyl sites for hydroxylation is 1. The topological polar surface area (TPSA) is 140 Å². The Balaban J connectivity index is 1.27. The van der Waals surface area contributed by atoms with Crippen LogP contribution in [0.3, 0.4) is 0 Å². The van der Waals surface area contributed by atoms with Crippen LogP contribution in [0.4, 0.5) is 0 Å². The Morgan fingerprint density at radius 3 is 2.53 bits per heavy atom. The molecule has 246 valence electrons. The van der Waals surface area contributed by atoms with Gasteiger partial charge in [0.15, 0.2) is 18.1 Å². The third-order valence-electron chi connectivity index (χ3n) is 8.51. The smallest absolute Gasteiger partial charge is 0.270 e. The zero-order chi connectivity index (χ0) is 32.9. The van der Waals surface area contributed by atoms with Crippen molar-refractivity contribution in [1.29, 1.82) is 0 Å². The molecule has 0 aliphatic carbocycles. The predicted octanol–water partition coefficient (Wildman–Crippen LogP) is 3.61. The van der Waals surface area contributed by atoms with E-state index in [1.54, 1.807) is 43.4 Å². The Kier molecular flexibility index (Phi) is 9.37. The number of hydrogen-bond acceptors (Lipinski definition) is 8. The summed E-state index contributed by atoms with van der Waals surface area (Å²) in [6, 6.07) is 17.7. The third kappa shape index (κ3) is 7.06. The summed E-state index contributed by atoms with van der Waals surface area (Å²) in [6.07, 6.45) is 0.734. The summed E-state index contributed by atoms with van der Waals surface area (Å²) in [6.45, 7) is 0.617. The van der Waals surface area contributed by atoms with Gasteiger partial charge in [0.2, 0.25) is 5.91 Å². The number of ether oxygens (including phenoxy) is 5. The first-order valence-corrected chi connectivity index (χ1v) is 15.5. The molecule has 0 radical (unpaired) electrons. The Labute approximate surface area is 272 Å². The molecule has 0 spiro atoms. The van der Waals surface area contributed by atoms with Crippen LogP contribution < -0.4 is 34.3 Å². The molecule has 3 N–H and O–H groups in total. The summed E-state index contributed by atoms with van der Waals surface area (Å²) >= 11 is 0. The Bertz CT molecular complexity index is 1790. The van der Waals surface area contributed by atoms with Gasteiger partial charge in [-0.15, -0.1) is 0 Å². The molecule has 3 aliphatic heterocycles. The van der Waals surface area contributed by atoms with Crippen molar-refractivity contribution in [3.63, 3.8) is 0 Å². The first-order valence-electron chi connectivity index (χ1n) is 15.5. The SMILES string of the molecule is COc1cc2ccc1CNC(=O)CCc1ccc(OC)c(c1)OCC(=O)N[C@@H]1CN(C(=O)c3cc4c(OC)cccc4[nH]3)CC[C@@H]1O2. The standard InChI is InChI=1S/C35H38N4O8/c1-43-28-6-4-5-25-24(28)17-26(37-25)35(42)39-14-13-29-27(19-39)38-34(41)20-46-32-15-21(7-11-30(32)44-2)8-12-33(40)36-18-22-9-10-23(47-29)16-31(22)45-3/h4-7,9-11,15-17,27,29,37H,8,12-14,18-20H2,1-3H3,(H,36,40)(H,38,41)/t27-,29+/m1/s1. The first kappa shape index (κ1) is 31.6. The second kappa shape index (κ2) is 13.9. The monoisotopic (exact) mass is 642 g/mol. The van der Waals surface area contributed by atoms with Gasteiger partial charge in [-0.3, -0.25) is 14.4 Å². The lowest BCUT2D eigenvalue weighted by Gasteiger charge is -2.38. The predicted molar refractivity (Wildman–Crippen MR) is 173 cm³/mol. The summed E-state index contributed by atoms with van der Waals surface area (Å²) in [5, 5.41) is 6.81. The van der Waals surface area contributed by atoms with Gasteiger partial charge in [0.25, 0.3) is 11.8 Å². The van der Waals surface area contributed by atoms with Crippen LogP contribution >= 0.6 is 0 Å². The Morgan fingerprint density at radius 1 is 0.894 bits per heavy atom. The van der Waals surface area contributed by atoms with Gasteiger partial charge in [0, 0.05) is 55.0 Å². The molecule has 0 saturated carbocycles. The lowest BCUT2D eigenvalue weighted by Crippen LogP contribution is -2.58. The van der Waals surface area contributed by atoms with E-state index in [1.807, 2.05) is 36.4 Å². The van der Waals surface area contributed by atoms with Crippen molar-refractivity contribution in [1.82, 2.24) is 20.5 Å². The van der Waals surface area contributed by atoms with Crippen LogP contribution in [0.15, 0.2) is 60.7 Å². The molecule has 12 heteroatoms. The fourth-order valence-electron chi connectivity index (χ4n) is 6.03. The highest BCUT2D eigenvalue weighted by Crippen LogP contribution is 2.31. The fraction of sp³-hybridized carbons (Fsp3) is 0.343. The van der Waals surface area contributed by atoms with Crippen LogP contribution in [-0.4, -0.2) is 80.8 Å². The molecular weight excluding hydrogens is 604 g/mol. The number of carbonyl (C=O) groups excluding carboxylic acids is 3. The van der Waals surface area contributed by atoms with Crippen molar-refractivity contribution in [2.75, 3.05) is 41.0 Å². The molecule has 4 bridgehead atoms. The van der Waals surface area contributed by atoms with E-state index in [4.69, 9.17) is 23.7 Å². The van der Waals surface area contributed by atoms with E-state index < -0.39 is 12.1 Å². The number of H-pyrrole nitrogens is 1. The minimum atomic E-state index is -0.553. The molecule has 0 unspecified atom stereocenters. The molecule has 3 aromatic carbocycles. The molecule has 1 fully saturated rings. The Hall–Kier alpha value is -5.39. The summed E-state index contributed by atoms with van der Waals surface area (Å²) < 4.78 is 28.9. The van der Waals surface area contributed by atoms with Crippen LogP contribution in [0.2, 0.25) is 0 Å². The number of fused-ring (bicyclic) bond motifs is 10. The van der Waals surface area contributed by atoms with Gasteiger partial charge in [0.1, 0.15) is 29.0 Å². The van der Waals surface area contributed by atoms with E-state index in [0.29, 0.717) is 53.8 Å². The normalized spacial score (nSPS) is 18.7. The number of nitrogens with zero attached hydrogens (tertiary/aromatic N) is 1. The van der Waals surface area contributed by atoms with E-state index in [1.165, 1.54) is 7.11 Å². The van der Waals surface area contributed by atoms with Crippen molar-refractivity contribution < 1.29 is 38.1 Å². The minimum Gasteiger partial charge on any atom is -0.496 e. The summed E-state index contributed by atoms with van der Waals surface area (Å²) in [5.41, 5.74) is 2.88. The highest BCUT2D eigenvalue weighted by molar-refractivity contribution is 5.99. The van der Waals surface area contributed by atoms with Gasteiger partial charge in [-0.25, -0.2) is 0 Å². The molecule has 4 heterocycles. The average molecular weight is 643 g/mol. The van der Waals surface area contributed by atoms with Crippen LogP contribution in [0.1, 0.15) is 34.5 Å². The van der Waals surface area contributed by atoms with Crippen LogP contribution in [0.5, 0.6) is 28.7 Å². The minimum absolute atomic E-state index is 0.112. The molecule has 7 rings (SSSR count). The summed E-state index contributed by atoms with van der Waals surface area (Å²) in [7, 11) is 4.68. The molecule has 47 heavy (non-hydrogen) atoms. The van der Waals surface area contributed by atoms with Gasteiger partial charge in [-0.2, -0.15) is 0 Å². The second-order valence-corrected chi connectivity index (χ2v) is 11.5. The Morgan fingerprint density at radius 2 is 1.72 bits per heavy atom. The van der Waals surface area contributed by atoms with Gasteiger partial charge < -0.3 is 44.2 Å². The van der Waals surface area contributed by atoms with E-state index in [2.05, 4.69) is 15.6 Å². The zero-order valence-electron chi connectivity index (χ0n) is 26.6. The number of likely N-dealkylation sites (tertiary alicyclic amines) is 1. The van der Waals surface area contributed by atoms with Gasteiger partial charge in [-0.1, -0.05) is 12.1 Å². The third-order valence-corrected chi connectivity index (χ3v) is 8.51.